The minimum atomic E-state index is -4.67. The molecule has 4 rings (SSSR count). The first-order chi connectivity index (χ1) is 15.7. The number of fused-ring (bicyclic) bond motifs is 1. The van der Waals surface area contributed by atoms with Gasteiger partial charge in [0, 0.05) is 42.0 Å². The molecule has 33 heavy (non-hydrogen) atoms. The number of amides is 1. The molecule has 170 valence electrons. The Morgan fingerprint density at radius 3 is 2.73 bits per heavy atom. The minimum absolute atomic E-state index is 0.0882. The number of nitrogens with one attached hydrogen (secondary N) is 1. The summed E-state index contributed by atoms with van der Waals surface area (Å²) in [5.74, 6) is -0.876. The molecule has 0 saturated carbocycles. The number of nitrogens with zero attached hydrogens (tertiary/aromatic N) is 6. The van der Waals surface area contributed by atoms with Crippen molar-refractivity contribution < 1.29 is 22.7 Å². The lowest BCUT2D eigenvalue weighted by Gasteiger charge is -2.11. The summed E-state index contributed by atoms with van der Waals surface area (Å²) in [6, 6.07) is 6.78. The number of benzene rings is 1. The highest BCUT2D eigenvalue weighted by Crippen LogP contribution is 2.27. The normalized spacial score (nSPS) is 11.5. The third kappa shape index (κ3) is 5.05. The summed E-state index contributed by atoms with van der Waals surface area (Å²) < 4.78 is 45.5. The van der Waals surface area contributed by atoms with Gasteiger partial charge in [0.05, 0.1) is 6.20 Å². The highest BCUT2D eigenvalue weighted by molar-refractivity contribution is 5.91. The summed E-state index contributed by atoms with van der Waals surface area (Å²) in [6.07, 6.45) is 0.181. The molecular weight excluding hydrogens is 439 g/mol. The standard InChI is InChI=1S/C21H18F3N7O2/c1-12-16(13(2)31-20(27-12)29-19(30-31)21(22,23)24)6-7-17(32)28-14-4-3-5-15(10-14)33-18-11-25-8-9-26-18/h3-5,8-11H,6-7H2,1-2H3,(H,28,32). The summed E-state index contributed by atoms with van der Waals surface area (Å²) >= 11 is 0. The van der Waals surface area contributed by atoms with Crippen molar-refractivity contribution >= 4 is 17.4 Å². The number of carbonyl (C=O) groups is 1. The molecule has 4 aromatic rings. The summed E-state index contributed by atoms with van der Waals surface area (Å²) in [7, 11) is 0. The van der Waals surface area contributed by atoms with Crippen molar-refractivity contribution in [2.24, 2.45) is 0 Å². The molecule has 0 saturated heterocycles. The van der Waals surface area contributed by atoms with Crippen molar-refractivity contribution in [1.82, 2.24) is 29.5 Å². The molecule has 0 spiro atoms. The van der Waals surface area contributed by atoms with Gasteiger partial charge in [0.15, 0.2) is 0 Å². The molecule has 3 heterocycles. The Morgan fingerprint density at radius 1 is 1.18 bits per heavy atom. The van der Waals surface area contributed by atoms with E-state index in [1.165, 1.54) is 18.6 Å². The van der Waals surface area contributed by atoms with Crippen molar-refractivity contribution in [3.8, 4) is 11.6 Å². The first-order valence-corrected chi connectivity index (χ1v) is 9.84. The number of aromatic nitrogens is 6. The fraction of sp³-hybridized carbons (Fsp3) is 0.238. The number of hydrogen-bond donors (Lipinski definition) is 1. The smallest absolute Gasteiger partial charge is 0.437 e. The Morgan fingerprint density at radius 2 is 2.00 bits per heavy atom. The van der Waals surface area contributed by atoms with Gasteiger partial charge in [-0.3, -0.25) is 9.78 Å². The van der Waals surface area contributed by atoms with Gasteiger partial charge in [-0.2, -0.15) is 18.2 Å². The highest BCUT2D eigenvalue weighted by Gasteiger charge is 2.37. The van der Waals surface area contributed by atoms with Crippen LogP contribution >= 0.6 is 0 Å². The Kier molecular flexibility index (Phi) is 5.90. The molecule has 12 heteroatoms. The molecule has 0 aliphatic heterocycles. The molecule has 0 aliphatic rings. The largest absolute Gasteiger partial charge is 0.453 e. The van der Waals surface area contributed by atoms with Gasteiger partial charge >= 0.3 is 6.18 Å². The average Bonchev–Trinajstić information content (AvgIpc) is 3.19. The van der Waals surface area contributed by atoms with Gasteiger partial charge < -0.3 is 10.1 Å². The average molecular weight is 457 g/mol. The molecular formula is C21H18F3N7O2. The van der Waals surface area contributed by atoms with E-state index in [-0.39, 0.29) is 24.5 Å². The van der Waals surface area contributed by atoms with Crippen LogP contribution in [-0.4, -0.2) is 35.5 Å². The predicted molar refractivity (Wildman–Crippen MR) is 111 cm³/mol. The first-order valence-electron chi connectivity index (χ1n) is 9.84. The van der Waals surface area contributed by atoms with Crippen molar-refractivity contribution in [3.05, 3.63) is 65.6 Å². The van der Waals surface area contributed by atoms with E-state index in [9.17, 15) is 18.0 Å². The Hall–Kier alpha value is -4.09. The number of hydrogen-bond acceptors (Lipinski definition) is 7. The van der Waals surface area contributed by atoms with Crippen LogP contribution < -0.4 is 10.1 Å². The highest BCUT2D eigenvalue weighted by atomic mass is 19.4. The quantitative estimate of drug-likeness (QED) is 0.468. The van der Waals surface area contributed by atoms with Crippen LogP contribution in [0.2, 0.25) is 0 Å². The fourth-order valence-corrected chi connectivity index (χ4v) is 3.25. The summed E-state index contributed by atoms with van der Waals surface area (Å²) in [6.45, 7) is 3.28. The van der Waals surface area contributed by atoms with Crippen LogP contribution in [0.25, 0.3) is 5.78 Å². The molecule has 1 amide bonds. The molecule has 0 aliphatic carbocycles. The molecule has 0 radical (unpaired) electrons. The van der Waals surface area contributed by atoms with Crippen molar-refractivity contribution in [3.63, 3.8) is 0 Å². The van der Waals surface area contributed by atoms with Crippen LogP contribution in [0.5, 0.6) is 11.6 Å². The van der Waals surface area contributed by atoms with Gasteiger partial charge in [-0.25, -0.2) is 14.5 Å². The van der Waals surface area contributed by atoms with Gasteiger partial charge in [0.1, 0.15) is 5.75 Å². The Bertz CT molecular complexity index is 1310. The van der Waals surface area contributed by atoms with Crippen LogP contribution in [-0.2, 0) is 17.4 Å². The third-order valence-electron chi connectivity index (χ3n) is 4.78. The first kappa shape index (κ1) is 22.1. The SMILES string of the molecule is Cc1nc2nc(C(F)(F)F)nn2c(C)c1CCC(=O)Nc1cccc(Oc2cnccn2)c1. The zero-order valence-corrected chi connectivity index (χ0v) is 17.6. The van der Waals surface area contributed by atoms with Crippen LogP contribution in [0, 0.1) is 13.8 Å². The van der Waals surface area contributed by atoms with E-state index in [2.05, 4.69) is 30.4 Å². The van der Waals surface area contributed by atoms with Gasteiger partial charge in [-0.15, -0.1) is 5.10 Å². The number of rotatable bonds is 6. The maximum Gasteiger partial charge on any atom is 0.453 e. The van der Waals surface area contributed by atoms with E-state index in [0.29, 0.717) is 34.3 Å². The van der Waals surface area contributed by atoms with Gasteiger partial charge in [0.2, 0.25) is 11.8 Å². The van der Waals surface area contributed by atoms with Crippen LogP contribution in [0.3, 0.4) is 0 Å². The third-order valence-corrected chi connectivity index (χ3v) is 4.78. The second kappa shape index (κ2) is 8.81. The second-order valence-electron chi connectivity index (χ2n) is 7.13. The summed E-state index contributed by atoms with van der Waals surface area (Å²) in [4.78, 5) is 28.0. The second-order valence-corrected chi connectivity index (χ2v) is 7.13. The molecule has 0 fully saturated rings. The molecule has 0 bridgehead atoms. The number of aryl methyl sites for hydroxylation is 2. The van der Waals surface area contributed by atoms with E-state index in [4.69, 9.17) is 4.74 Å². The van der Waals surface area contributed by atoms with E-state index in [1.807, 2.05) is 0 Å². The van der Waals surface area contributed by atoms with Crippen molar-refractivity contribution in [2.75, 3.05) is 5.32 Å². The van der Waals surface area contributed by atoms with Gasteiger partial charge in [-0.1, -0.05) is 6.07 Å². The van der Waals surface area contributed by atoms with Gasteiger partial charge in [-0.05, 0) is 38.0 Å². The molecule has 9 nitrogen and oxygen atoms in total. The molecule has 3 aromatic heterocycles. The number of ether oxygens (including phenoxy) is 1. The number of halogens is 3. The Labute approximate surface area is 185 Å². The Balaban J connectivity index is 1.44. The van der Waals surface area contributed by atoms with E-state index < -0.39 is 12.0 Å². The monoisotopic (exact) mass is 457 g/mol. The number of alkyl halides is 3. The van der Waals surface area contributed by atoms with Crippen LogP contribution in [0.4, 0.5) is 18.9 Å². The van der Waals surface area contributed by atoms with Crippen molar-refractivity contribution in [2.45, 2.75) is 32.9 Å². The minimum Gasteiger partial charge on any atom is -0.437 e. The molecule has 0 unspecified atom stereocenters. The predicted octanol–water partition coefficient (Wildman–Crippen LogP) is 3.91. The molecule has 0 atom stereocenters. The van der Waals surface area contributed by atoms with E-state index >= 15 is 0 Å². The summed E-state index contributed by atoms with van der Waals surface area (Å²) in [5.41, 5.74) is 2.10. The zero-order valence-electron chi connectivity index (χ0n) is 17.6. The maximum atomic E-state index is 12.9. The van der Waals surface area contributed by atoms with Crippen LogP contribution in [0.15, 0.2) is 42.9 Å². The number of anilines is 1. The lowest BCUT2D eigenvalue weighted by Crippen LogP contribution is -2.14. The lowest BCUT2D eigenvalue weighted by molar-refractivity contribution is -0.144. The van der Waals surface area contributed by atoms with Crippen LogP contribution in [0.1, 0.15) is 29.2 Å². The zero-order chi connectivity index (χ0) is 23.6. The topological polar surface area (TPSA) is 107 Å². The van der Waals surface area contributed by atoms with E-state index in [1.54, 1.807) is 38.1 Å². The maximum absolute atomic E-state index is 12.9. The molecule has 1 aromatic carbocycles. The number of carbonyl (C=O) groups excluding carboxylic acids is 1. The molecule has 1 N–H and O–H groups in total. The summed E-state index contributed by atoms with van der Waals surface area (Å²) in [5, 5.41) is 6.30. The lowest BCUT2D eigenvalue weighted by atomic mass is 10.1. The van der Waals surface area contributed by atoms with Gasteiger partial charge in [0.25, 0.3) is 11.6 Å². The van der Waals surface area contributed by atoms with Crippen molar-refractivity contribution in [1.29, 1.82) is 0 Å². The fourth-order valence-electron chi connectivity index (χ4n) is 3.25. The van der Waals surface area contributed by atoms with E-state index in [0.717, 1.165) is 4.52 Å².